The molecule has 0 spiro atoms. The highest BCUT2D eigenvalue weighted by Crippen LogP contribution is 2.24. The summed E-state index contributed by atoms with van der Waals surface area (Å²) in [5.74, 6) is -0.193. The summed E-state index contributed by atoms with van der Waals surface area (Å²) in [6, 6.07) is 7.36. The van der Waals surface area contributed by atoms with Crippen LogP contribution in [0.5, 0.6) is 0 Å². The van der Waals surface area contributed by atoms with Gasteiger partial charge in [0.2, 0.25) is 0 Å². The SMILES string of the molecule is CCNC(c1cccc(F)c1)C1CN(C(C)C)CCO1. The van der Waals surface area contributed by atoms with E-state index in [1.165, 1.54) is 6.07 Å². The van der Waals surface area contributed by atoms with E-state index in [1.54, 1.807) is 12.1 Å². The van der Waals surface area contributed by atoms with E-state index in [0.29, 0.717) is 6.04 Å². The van der Waals surface area contributed by atoms with Crippen LogP contribution >= 0.6 is 0 Å². The van der Waals surface area contributed by atoms with Crippen LogP contribution in [0.25, 0.3) is 0 Å². The van der Waals surface area contributed by atoms with Crippen molar-refractivity contribution in [3.05, 3.63) is 35.6 Å². The van der Waals surface area contributed by atoms with Crippen LogP contribution in [0.15, 0.2) is 24.3 Å². The number of nitrogens with zero attached hydrogens (tertiary/aromatic N) is 1. The van der Waals surface area contributed by atoms with Gasteiger partial charge in [0.25, 0.3) is 0 Å². The molecule has 2 atom stereocenters. The molecule has 0 radical (unpaired) electrons. The lowest BCUT2D eigenvalue weighted by atomic mass is 9.99. The molecule has 2 unspecified atom stereocenters. The smallest absolute Gasteiger partial charge is 0.123 e. The summed E-state index contributed by atoms with van der Waals surface area (Å²) >= 11 is 0. The van der Waals surface area contributed by atoms with E-state index in [-0.39, 0.29) is 18.0 Å². The molecule has 1 aromatic carbocycles. The summed E-state index contributed by atoms with van der Waals surface area (Å²) in [4.78, 5) is 2.41. The van der Waals surface area contributed by atoms with E-state index >= 15 is 0 Å². The van der Waals surface area contributed by atoms with Gasteiger partial charge in [-0.2, -0.15) is 0 Å². The van der Waals surface area contributed by atoms with E-state index in [9.17, 15) is 4.39 Å². The first-order chi connectivity index (χ1) is 9.61. The Morgan fingerprint density at radius 1 is 1.45 bits per heavy atom. The highest BCUT2D eigenvalue weighted by atomic mass is 19.1. The normalized spacial score (nSPS) is 22.1. The molecule has 2 rings (SSSR count). The van der Waals surface area contributed by atoms with Gasteiger partial charge < -0.3 is 10.1 Å². The minimum absolute atomic E-state index is 0.0391. The Morgan fingerprint density at radius 2 is 2.25 bits per heavy atom. The summed E-state index contributed by atoms with van der Waals surface area (Å²) < 4.78 is 19.4. The average molecular weight is 280 g/mol. The Balaban J connectivity index is 2.15. The molecule has 1 N–H and O–H groups in total. The van der Waals surface area contributed by atoms with Gasteiger partial charge in [-0.05, 0) is 38.1 Å². The van der Waals surface area contributed by atoms with Gasteiger partial charge in [-0.25, -0.2) is 4.39 Å². The van der Waals surface area contributed by atoms with Crippen LogP contribution in [0, 0.1) is 5.82 Å². The van der Waals surface area contributed by atoms with Crippen LogP contribution < -0.4 is 5.32 Å². The molecule has 0 saturated carbocycles. The van der Waals surface area contributed by atoms with Crippen LogP contribution in [-0.4, -0.2) is 43.3 Å². The quantitative estimate of drug-likeness (QED) is 0.897. The van der Waals surface area contributed by atoms with Gasteiger partial charge in [0.15, 0.2) is 0 Å². The van der Waals surface area contributed by atoms with Gasteiger partial charge in [0.1, 0.15) is 5.82 Å². The van der Waals surface area contributed by atoms with Gasteiger partial charge >= 0.3 is 0 Å². The fourth-order valence-corrected chi connectivity index (χ4v) is 2.75. The molecule has 0 aliphatic carbocycles. The van der Waals surface area contributed by atoms with Gasteiger partial charge in [0, 0.05) is 19.1 Å². The second-order valence-electron chi connectivity index (χ2n) is 5.59. The van der Waals surface area contributed by atoms with Crippen molar-refractivity contribution in [3.63, 3.8) is 0 Å². The van der Waals surface area contributed by atoms with Crippen LogP contribution in [0.1, 0.15) is 32.4 Å². The van der Waals surface area contributed by atoms with Gasteiger partial charge in [-0.3, -0.25) is 4.90 Å². The van der Waals surface area contributed by atoms with Crippen molar-refractivity contribution >= 4 is 0 Å². The number of ether oxygens (including phenoxy) is 1. The first kappa shape index (κ1) is 15.4. The third kappa shape index (κ3) is 3.78. The maximum atomic E-state index is 13.5. The minimum Gasteiger partial charge on any atom is -0.374 e. The third-order valence-corrected chi connectivity index (χ3v) is 3.86. The molecule has 1 heterocycles. The van der Waals surface area contributed by atoms with Crippen LogP contribution in [0.3, 0.4) is 0 Å². The monoisotopic (exact) mass is 280 g/mol. The molecule has 1 saturated heterocycles. The van der Waals surface area contributed by atoms with Gasteiger partial charge in [-0.15, -0.1) is 0 Å². The van der Waals surface area contributed by atoms with Gasteiger partial charge in [-0.1, -0.05) is 19.1 Å². The second-order valence-corrected chi connectivity index (χ2v) is 5.59. The maximum absolute atomic E-state index is 13.5. The van der Waals surface area contributed by atoms with E-state index in [4.69, 9.17) is 4.74 Å². The molecule has 1 aliphatic heterocycles. The minimum atomic E-state index is -0.193. The van der Waals surface area contributed by atoms with Gasteiger partial charge in [0.05, 0.1) is 18.8 Å². The Labute approximate surface area is 121 Å². The topological polar surface area (TPSA) is 24.5 Å². The van der Waals surface area contributed by atoms with E-state index in [2.05, 4.69) is 31.0 Å². The van der Waals surface area contributed by atoms with Crippen molar-refractivity contribution in [1.29, 1.82) is 0 Å². The predicted molar refractivity (Wildman–Crippen MR) is 79.3 cm³/mol. The number of hydrogen-bond acceptors (Lipinski definition) is 3. The number of morpholine rings is 1. The molecule has 1 aliphatic rings. The average Bonchev–Trinajstić information content (AvgIpc) is 2.45. The predicted octanol–water partition coefficient (Wildman–Crippen LogP) is 2.59. The first-order valence-electron chi connectivity index (χ1n) is 7.46. The van der Waals surface area contributed by atoms with Crippen LogP contribution in [0.4, 0.5) is 4.39 Å². The largest absolute Gasteiger partial charge is 0.374 e. The fraction of sp³-hybridized carbons (Fsp3) is 0.625. The number of benzene rings is 1. The molecule has 1 aromatic rings. The molecule has 0 aromatic heterocycles. The number of halogens is 1. The Kier molecular flexibility index (Phi) is 5.52. The van der Waals surface area contributed by atoms with E-state index in [0.717, 1.165) is 31.8 Å². The van der Waals surface area contributed by atoms with Crippen molar-refractivity contribution in [2.75, 3.05) is 26.2 Å². The standard InChI is InChI=1S/C16H25FN2O/c1-4-18-16(13-6-5-7-14(17)10-13)15-11-19(12(2)3)8-9-20-15/h5-7,10,12,15-16,18H,4,8-9,11H2,1-3H3. The summed E-state index contributed by atoms with van der Waals surface area (Å²) in [5.41, 5.74) is 0.961. The lowest BCUT2D eigenvalue weighted by Gasteiger charge is -2.39. The zero-order valence-corrected chi connectivity index (χ0v) is 12.6. The number of nitrogens with one attached hydrogen (secondary N) is 1. The number of hydrogen-bond donors (Lipinski definition) is 1. The number of likely N-dealkylation sites (N-methyl/N-ethyl adjacent to an activating group) is 1. The zero-order valence-electron chi connectivity index (χ0n) is 12.6. The lowest BCUT2D eigenvalue weighted by molar-refractivity contribution is -0.0559. The van der Waals surface area contributed by atoms with Crippen molar-refractivity contribution in [2.24, 2.45) is 0 Å². The lowest BCUT2D eigenvalue weighted by Crippen LogP contribution is -2.50. The zero-order chi connectivity index (χ0) is 14.5. The summed E-state index contributed by atoms with van der Waals surface area (Å²) in [5, 5.41) is 3.44. The fourth-order valence-electron chi connectivity index (χ4n) is 2.75. The van der Waals surface area contributed by atoms with E-state index < -0.39 is 0 Å². The first-order valence-corrected chi connectivity index (χ1v) is 7.46. The molecular weight excluding hydrogens is 255 g/mol. The van der Waals surface area contributed by atoms with E-state index in [1.807, 2.05) is 6.07 Å². The molecule has 112 valence electrons. The van der Waals surface area contributed by atoms with Crippen LogP contribution in [-0.2, 0) is 4.74 Å². The third-order valence-electron chi connectivity index (χ3n) is 3.86. The van der Waals surface area contributed by atoms with Crippen molar-refractivity contribution < 1.29 is 9.13 Å². The van der Waals surface area contributed by atoms with Crippen LogP contribution in [0.2, 0.25) is 0 Å². The highest BCUT2D eigenvalue weighted by molar-refractivity contribution is 5.21. The summed E-state index contributed by atoms with van der Waals surface area (Å²) in [6.07, 6.45) is 0.0629. The number of rotatable bonds is 5. The Morgan fingerprint density at radius 3 is 2.90 bits per heavy atom. The molecule has 20 heavy (non-hydrogen) atoms. The molecule has 0 amide bonds. The Hall–Kier alpha value is -0.970. The summed E-state index contributed by atoms with van der Waals surface area (Å²) in [7, 11) is 0. The molecule has 4 heteroatoms. The van der Waals surface area contributed by atoms with Crippen molar-refractivity contribution in [1.82, 2.24) is 10.2 Å². The van der Waals surface area contributed by atoms with Crippen molar-refractivity contribution in [3.8, 4) is 0 Å². The highest BCUT2D eigenvalue weighted by Gasteiger charge is 2.29. The molecule has 0 bridgehead atoms. The Bertz CT molecular complexity index is 425. The van der Waals surface area contributed by atoms with Crippen molar-refractivity contribution in [2.45, 2.75) is 39.0 Å². The molecule has 3 nitrogen and oxygen atoms in total. The second kappa shape index (κ2) is 7.16. The maximum Gasteiger partial charge on any atom is 0.123 e. The molecular formula is C16H25FN2O. The summed E-state index contributed by atoms with van der Waals surface area (Å²) in [6.45, 7) is 9.89. The molecule has 1 fully saturated rings.